The number of fused-ring (bicyclic) bond motifs is 2. The highest BCUT2D eigenvalue weighted by molar-refractivity contribution is 9.11. The van der Waals surface area contributed by atoms with Crippen LogP contribution in [0.15, 0.2) is 97.5 Å². The van der Waals surface area contributed by atoms with Crippen LogP contribution in [0, 0.1) is 0 Å². The maximum absolute atomic E-state index is 12.5. The molecule has 5 aromatic rings. The number of carbonyl (C=O) groups excluding carboxylic acids is 1. The summed E-state index contributed by atoms with van der Waals surface area (Å²) in [6.07, 6.45) is 3.57. The van der Waals surface area contributed by atoms with Gasteiger partial charge in [0.05, 0.1) is 16.4 Å². The predicted octanol–water partition coefficient (Wildman–Crippen LogP) is 6.67. The number of rotatable bonds is 4. The highest BCUT2D eigenvalue weighted by Gasteiger charge is 2.14. The van der Waals surface area contributed by atoms with E-state index in [1.165, 1.54) is 5.39 Å². The molecule has 0 bridgehead atoms. The van der Waals surface area contributed by atoms with Gasteiger partial charge in [-0.15, -0.1) is 0 Å². The van der Waals surface area contributed by atoms with E-state index < -0.39 is 5.91 Å². The summed E-state index contributed by atoms with van der Waals surface area (Å²) in [5, 5.41) is 7.29. The van der Waals surface area contributed by atoms with Gasteiger partial charge in [0.15, 0.2) is 5.76 Å². The van der Waals surface area contributed by atoms with E-state index in [1.807, 2.05) is 47.2 Å². The van der Waals surface area contributed by atoms with Crippen molar-refractivity contribution in [3.05, 3.63) is 99.4 Å². The van der Waals surface area contributed by atoms with E-state index in [1.54, 1.807) is 12.3 Å². The standard InChI is InChI=1S/C24H15Br2N3O2/c25-18-10-17-12-22(31-23(17)21(26)13-18)24(30)28-27-14-20-6-3-9-29(20)19-8-7-15-4-1-2-5-16(15)11-19/h1-14H,(H,28,30)/b27-14+. The zero-order valence-electron chi connectivity index (χ0n) is 16.0. The van der Waals surface area contributed by atoms with Crippen molar-refractivity contribution in [1.29, 1.82) is 0 Å². The molecule has 0 unspecified atom stereocenters. The van der Waals surface area contributed by atoms with Crippen LogP contribution in [0.2, 0.25) is 0 Å². The summed E-state index contributed by atoms with van der Waals surface area (Å²) in [4.78, 5) is 12.5. The molecule has 3 aromatic carbocycles. The number of hydrazone groups is 1. The van der Waals surface area contributed by atoms with E-state index in [-0.39, 0.29) is 5.76 Å². The summed E-state index contributed by atoms with van der Waals surface area (Å²) < 4.78 is 9.36. The molecule has 0 aliphatic carbocycles. The summed E-state index contributed by atoms with van der Waals surface area (Å²) >= 11 is 6.88. The number of carbonyl (C=O) groups is 1. The van der Waals surface area contributed by atoms with Crippen LogP contribution in [-0.4, -0.2) is 16.7 Å². The molecule has 1 N–H and O–H groups in total. The molecule has 0 aliphatic heterocycles. The van der Waals surface area contributed by atoms with Gasteiger partial charge in [0.25, 0.3) is 0 Å². The Hall–Kier alpha value is -3.16. The molecule has 2 aromatic heterocycles. The number of hydrogen-bond donors (Lipinski definition) is 1. The van der Waals surface area contributed by atoms with Crippen molar-refractivity contribution in [2.24, 2.45) is 5.10 Å². The fourth-order valence-corrected chi connectivity index (χ4v) is 4.80. The summed E-state index contributed by atoms with van der Waals surface area (Å²) in [5.41, 5.74) is 5.01. The lowest BCUT2D eigenvalue weighted by atomic mass is 10.1. The van der Waals surface area contributed by atoms with Gasteiger partial charge in [-0.2, -0.15) is 5.10 Å². The SMILES string of the molecule is O=C(N/N=C/c1cccn1-c1ccc2ccccc2c1)c1cc2cc(Br)cc(Br)c2o1. The van der Waals surface area contributed by atoms with Crippen molar-refractivity contribution in [1.82, 2.24) is 9.99 Å². The molecule has 152 valence electrons. The topological polar surface area (TPSA) is 59.5 Å². The van der Waals surface area contributed by atoms with Crippen molar-refractivity contribution in [2.45, 2.75) is 0 Å². The molecule has 2 heterocycles. The van der Waals surface area contributed by atoms with E-state index in [2.05, 4.69) is 72.7 Å². The Kier molecular flexibility index (Phi) is 5.21. The molecular formula is C24H15Br2N3O2. The largest absolute Gasteiger partial charge is 0.450 e. The maximum Gasteiger partial charge on any atom is 0.307 e. The minimum absolute atomic E-state index is 0.191. The van der Waals surface area contributed by atoms with E-state index in [9.17, 15) is 4.79 Å². The lowest BCUT2D eigenvalue weighted by Gasteiger charge is -2.08. The molecule has 5 nitrogen and oxygen atoms in total. The molecule has 7 heteroatoms. The van der Waals surface area contributed by atoms with Gasteiger partial charge in [0.2, 0.25) is 0 Å². The highest BCUT2D eigenvalue weighted by atomic mass is 79.9. The second kappa shape index (κ2) is 8.17. The predicted molar refractivity (Wildman–Crippen MR) is 130 cm³/mol. The minimum atomic E-state index is -0.417. The monoisotopic (exact) mass is 535 g/mol. The summed E-state index contributed by atoms with van der Waals surface area (Å²) in [6, 6.07) is 23.8. The number of aromatic nitrogens is 1. The molecule has 0 aliphatic rings. The molecule has 0 radical (unpaired) electrons. The van der Waals surface area contributed by atoms with Crippen LogP contribution in [0.25, 0.3) is 27.4 Å². The molecule has 5 rings (SSSR count). The Balaban J connectivity index is 1.36. The van der Waals surface area contributed by atoms with Gasteiger partial charge in [-0.25, -0.2) is 5.43 Å². The van der Waals surface area contributed by atoms with Crippen LogP contribution < -0.4 is 5.43 Å². The second-order valence-electron chi connectivity index (χ2n) is 6.95. The molecule has 1 amide bonds. The van der Waals surface area contributed by atoms with E-state index >= 15 is 0 Å². The second-order valence-corrected chi connectivity index (χ2v) is 8.72. The molecule has 0 spiro atoms. The number of amides is 1. The maximum atomic E-state index is 12.5. The number of furan rings is 1. The first-order valence-electron chi connectivity index (χ1n) is 9.47. The van der Waals surface area contributed by atoms with Gasteiger partial charge in [0.1, 0.15) is 5.58 Å². The zero-order chi connectivity index (χ0) is 21.4. The number of nitrogens with one attached hydrogen (secondary N) is 1. The van der Waals surface area contributed by atoms with E-state index in [4.69, 9.17) is 4.42 Å². The van der Waals surface area contributed by atoms with Gasteiger partial charge < -0.3 is 8.98 Å². The average molecular weight is 537 g/mol. The van der Waals surface area contributed by atoms with Crippen LogP contribution in [0.5, 0.6) is 0 Å². The fourth-order valence-electron chi connectivity index (χ4n) is 3.46. The molecule has 0 atom stereocenters. The Morgan fingerprint density at radius 2 is 1.77 bits per heavy atom. The van der Waals surface area contributed by atoms with Gasteiger partial charge in [0, 0.05) is 21.7 Å². The third-order valence-corrected chi connectivity index (χ3v) is 5.96. The molecule has 31 heavy (non-hydrogen) atoms. The zero-order valence-corrected chi connectivity index (χ0v) is 19.2. The quantitative estimate of drug-likeness (QED) is 0.206. The lowest BCUT2D eigenvalue weighted by molar-refractivity contribution is 0.0929. The third kappa shape index (κ3) is 3.94. The number of nitrogens with zero attached hydrogens (tertiary/aromatic N) is 2. The Morgan fingerprint density at radius 3 is 2.65 bits per heavy atom. The lowest BCUT2D eigenvalue weighted by Crippen LogP contribution is -2.17. The average Bonchev–Trinajstić information content (AvgIpc) is 3.40. The van der Waals surface area contributed by atoms with Crippen LogP contribution in [-0.2, 0) is 0 Å². The van der Waals surface area contributed by atoms with Crippen LogP contribution in [0.4, 0.5) is 0 Å². The van der Waals surface area contributed by atoms with Crippen molar-refractivity contribution in [2.75, 3.05) is 0 Å². The van der Waals surface area contributed by atoms with Crippen LogP contribution >= 0.6 is 31.9 Å². The normalized spacial score (nSPS) is 11.5. The van der Waals surface area contributed by atoms with Crippen molar-refractivity contribution < 1.29 is 9.21 Å². The Bertz CT molecular complexity index is 1470. The summed E-state index contributed by atoms with van der Waals surface area (Å²) in [5.74, 6) is -0.227. The first-order chi connectivity index (χ1) is 15.1. The smallest absolute Gasteiger partial charge is 0.307 e. The van der Waals surface area contributed by atoms with Gasteiger partial charge in [-0.05, 0) is 69.2 Å². The summed E-state index contributed by atoms with van der Waals surface area (Å²) in [7, 11) is 0. The highest BCUT2D eigenvalue weighted by Crippen LogP contribution is 2.31. The van der Waals surface area contributed by atoms with Crippen molar-refractivity contribution >= 4 is 65.7 Å². The summed E-state index contributed by atoms with van der Waals surface area (Å²) in [6.45, 7) is 0. The van der Waals surface area contributed by atoms with Crippen molar-refractivity contribution in [3.63, 3.8) is 0 Å². The minimum Gasteiger partial charge on any atom is -0.450 e. The molecule has 0 saturated carbocycles. The molecular weight excluding hydrogens is 522 g/mol. The van der Waals surface area contributed by atoms with E-state index in [0.29, 0.717) is 5.58 Å². The van der Waals surface area contributed by atoms with Crippen molar-refractivity contribution in [3.8, 4) is 5.69 Å². The van der Waals surface area contributed by atoms with E-state index in [0.717, 1.165) is 31.1 Å². The first kappa shape index (κ1) is 19.8. The fraction of sp³-hybridized carbons (Fsp3) is 0. The van der Waals surface area contributed by atoms with Gasteiger partial charge in [-0.3, -0.25) is 4.79 Å². The first-order valence-corrected chi connectivity index (χ1v) is 11.1. The molecule has 0 saturated heterocycles. The number of halogens is 2. The molecule has 0 fully saturated rings. The van der Waals surface area contributed by atoms with Gasteiger partial charge >= 0.3 is 5.91 Å². The Morgan fingerprint density at radius 1 is 0.935 bits per heavy atom. The number of benzene rings is 3. The van der Waals surface area contributed by atoms with Crippen LogP contribution in [0.1, 0.15) is 16.2 Å². The third-order valence-electron chi connectivity index (χ3n) is 4.91. The number of hydrogen-bond acceptors (Lipinski definition) is 3. The van der Waals surface area contributed by atoms with Gasteiger partial charge in [-0.1, -0.05) is 46.3 Å². The van der Waals surface area contributed by atoms with Crippen LogP contribution in [0.3, 0.4) is 0 Å². The Labute approximate surface area is 194 Å².